The molecule has 1 aliphatic heterocycles. The van der Waals surface area contributed by atoms with Crippen LogP contribution < -0.4 is 5.32 Å². The second-order valence-electron chi connectivity index (χ2n) is 4.52. The summed E-state index contributed by atoms with van der Waals surface area (Å²) in [4.78, 5) is 4.56. The summed E-state index contributed by atoms with van der Waals surface area (Å²) in [6.45, 7) is 3.24. The molecule has 0 aromatic heterocycles. The van der Waals surface area contributed by atoms with Crippen LogP contribution in [0.3, 0.4) is 0 Å². The molecule has 15 heavy (non-hydrogen) atoms. The van der Waals surface area contributed by atoms with Crippen LogP contribution in [0.25, 0.3) is 0 Å². The van der Waals surface area contributed by atoms with Gasteiger partial charge in [0.15, 0.2) is 5.17 Å². The smallest absolute Gasteiger partial charge is 0.157 e. The molecule has 2 aliphatic rings. The zero-order chi connectivity index (χ0) is 10.9. The van der Waals surface area contributed by atoms with Crippen LogP contribution in [0.4, 0.5) is 0 Å². The Morgan fingerprint density at radius 1 is 1.67 bits per heavy atom. The highest BCUT2D eigenvalue weighted by molar-refractivity contribution is 9.09. The third kappa shape index (κ3) is 2.68. The van der Waals surface area contributed by atoms with Gasteiger partial charge >= 0.3 is 0 Å². The molecule has 5 heteroatoms. The van der Waals surface area contributed by atoms with E-state index in [4.69, 9.17) is 0 Å². The molecule has 2 N–H and O–H groups in total. The molecule has 3 nitrogen and oxygen atoms in total. The highest BCUT2D eigenvalue weighted by Crippen LogP contribution is 2.45. The van der Waals surface area contributed by atoms with Crippen LogP contribution in [0.15, 0.2) is 4.99 Å². The molecule has 0 bridgehead atoms. The summed E-state index contributed by atoms with van der Waals surface area (Å²) in [6, 6.07) is 0.484. The summed E-state index contributed by atoms with van der Waals surface area (Å²) in [6.07, 6.45) is 2.25. The van der Waals surface area contributed by atoms with Gasteiger partial charge in [0.1, 0.15) is 0 Å². The Labute approximate surface area is 103 Å². The number of hydrogen-bond donors (Lipinski definition) is 2. The molecule has 2 unspecified atom stereocenters. The molecule has 2 atom stereocenters. The van der Waals surface area contributed by atoms with E-state index in [0.29, 0.717) is 11.3 Å². The fraction of sp³-hybridized carbons (Fsp3) is 0.900. The van der Waals surface area contributed by atoms with Gasteiger partial charge in [-0.15, -0.1) is 0 Å². The molecule has 1 saturated heterocycles. The molecular formula is C10H17BrN2OS. The van der Waals surface area contributed by atoms with Crippen molar-refractivity contribution in [2.45, 2.75) is 31.1 Å². The first kappa shape index (κ1) is 11.7. The number of alkyl halides is 1. The van der Waals surface area contributed by atoms with Crippen molar-refractivity contribution in [3.05, 3.63) is 0 Å². The maximum atomic E-state index is 9.18. The zero-order valence-corrected chi connectivity index (χ0v) is 11.3. The molecule has 86 valence electrons. The normalized spacial score (nSPS) is 35.5. The van der Waals surface area contributed by atoms with Crippen molar-refractivity contribution in [2.75, 3.05) is 18.5 Å². The van der Waals surface area contributed by atoms with Gasteiger partial charge in [-0.1, -0.05) is 27.7 Å². The number of thioether (sulfide) groups is 1. The SMILES string of the molecule is CC1NC(=NCC2(CO)CC2)SC1CBr. The van der Waals surface area contributed by atoms with Gasteiger partial charge in [0.25, 0.3) is 0 Å². The van der Waals surface area contributed by atoms with E-state index >= 15 is 0 Å². The first-order chi connectivity index (χ1) is 7.19. The number of amidine groups is 1. The summed E-state index contributed by atoms with van der Waals surface area (Å²) in [5, 5.41) is 15.2. The molecule has 0 radical (unpaired) electrons. The lowest BCUT2D eigenvalue weighted by Gasteiger charge is -2.08. The summed E-state index contributed by atoms with van der Waals surface area (Å²) in [7, 11) is 0. The van der Waals surface area contributed by atoms with Gasteiger partial charge in [0, 0.05) is 28.6 Å². The van der Waals surface area contributed by atoms with Crippen LogP contribution in [0.1, 0.15) is 19.8 Å². The Kier molecular flexibility index (Phi) is 3.63. The number of nitrogens with zero attached hydrogens (tertiary/aromatic N) is 1. The van der Waals surface area contributed by atoms with Gasteiger partial charge in [-0.2, -0.15) is 0 Å². The Morgan fingerprint density at radius 2 is 2.40 bits per heavy atom. The maximum Gasteiger partial charge on any atom is 0.157 e. The number of rotatable bonds is 4. The van der Waals surface area contributed by atoms with Crippen LogP contribution in [-0.2, 0) is 0 Å². The summed E-state index contributed by atoms with van der Waals surface area (Å²) >= 11 is 5.31. The Hall–Kier alpha value is 0.260. The molecule has 2 rings (SSSR count). The van der Waals surface area contributed by atoms with E-state index in [1.807, 2.05) is 11.8 Å². The predicted molar refractivity (Wildman–Crippen MR) is 68.8 cm³/mol. The Balaban J connectivity index is 1.87. The highest BCUT2D eigenvalue weighted by atomic mass is 79.9. The average molecular weight is 293 g/mol. The summed E-state index contributed by atoms with van der Waals surface area (Å²) in [5.74, 6) is 0. The number of nitrogens with one attached hydrogen (secondary N) is 1. The van der Waals surface area contributed by atoms with Crippen LogP contribution in [0.2, 0.25) is 0 Å². The van der Waals surface area contributed by atoms with E-state index in [1.54, 1.807) is 0 Å². The van der Waals surface area contributed by atoms with Gasteiger partial charge in [-0.3, -0.25) is 4.99 Å². The van der Waals surface area contributed by atoms with Crippen molar-refractivity contribution in [3.8, 4) is 0 Å². The van der Waals surface area contributed by atoms with Crippen molar-refractivity contribution < 1.29 is 5.11 Å². The topological polar surface area (TPSA) is 44.6 Å². The number of aliphatic imine (C=N–C) groups is 1. The summed E-state index contributed by atoms with van der Waals surface area (Å²) in [5.41, 5.74) is 0.130. The fourth-order valence-corrected chi connectivity index (χ4v) is 3.57. The monoisotopic (exact) mass is 292 g/mol. The van der Waals surface area contributed by atoms with E-state index in [1.165, 1.54) is 0 Å². The molecule has 2 fully saturated rings. The molecule has 0 spiro atoms. The first-order valence-electron chi connectivity index (χ1n) is 5.33. The van der Waals surface area contributed by atoms with Gasteiger partial charge in [-0.05, 0) is 19.8 Å². The molecule has 1 heterocycles. The van der Waals surface area contributed by atoms with Crippen molar-refractivity contribution in [1.82, 2.24) is 5.32 Å². The quantitative estimate of drug-likeness (QED) is 0.774. The van der Waals surface area contributed by atoms with Crippen molar-refractivity contribution >= 4 is 32.9 Å². The zero-order valence-electron chi connectivity index (χ0n) is 8.87. The van der Waals surface area contributed by atoms with Crippen molar-refractivity contribution in [1.29, 1.82) is 0 Å². The van der Waals surface area contributed by atoms with E-state index in [0.717, 1.165) is 29.9 Å². The van der Waals surface area contributed by atoms with Gasteiger partial charge in [-0.25, -0.2) is 0 Å². The fourth-order valence-electron chi connectivity index (χ4n) is 1.60. The van der Waals surface area contributed by atoms with Crippen molar-refractivity contribution in [3.63, 3.8) is 0 Å². The van der Waals surface area contributed by atoms with E-state index in [-0.39, 0.29) is 12.0 Å². The predicted octanol–water partition coefficient (Wildman–Crippen LogP) is 1.60. The van der Waals surface area contributed by atoms with Gasteiger partial charge < -0.3 is 10.4 Å². The van der Waals surface area contributed by atoms with E-state index in [9.17, 15) is 5.11 Å². The summed E-state index contributed by atoms with van der Waals surface area (Å²) < 4.78 is 0. The Bertz CT molecular complexity index is 268. The Morgan fingerprint density at radius 3 is 2.87 bits per heavy atom. The lowest BCUT2D eigenvalue weighted by atomic mass is 10.1. The lowest BCUT2D eigenvalue weighted by molar-refractivity contribution is 0.217. The van der Waals surface area contributed by atoms with E-state index in [2.05, 4.69) is 33.2 Å². The molecular weight excluding hydrogens is 276 g/mol. The molecule has 1 saturated carbocycles. The number of hydrogen-bond acceptors (Lipinski definition) is 3. The second-order valence-corrected chi connectivity index (χ2v) is 6.40. The average Bonchev–Trinajstić information content (AvgIpc) is 2.94. The van der Waals surface area contributed by atoms with Gasteiger partial charge in [0.05, 0.1) is 6.61 Å². The minimum atomic E-state index is 0.130. The third-order valence-corrected chi connectivity index (χ3v) is 5.65. The highest BCUT2D eigenvalue weighted by Gasteiger charge is 2.42. The molecule has 1 aliphatic carbocycles. The maximum absolute atomic E-state index is 9.18. The van der Waals surface area contributed by atoms with Crippen LogP contribution >= 0.6 is 27.7 Å². The number of halogens is 1. The molecule has 0 amide bonds. The number of aliphatic hydroxyl groups excluding tert-OH is 1. The van der Waals surface area contributed by atoms with Crippen LogP contribution in [0, 0.1) is 5.41 Å². The third-order valence-electron chi connectivity index (χ3n) is 3.17. The molecule has 0 aromatic rings. The van der Waals surface area contributed by atoms with Crippen molar-refractivity contribution in [2.24, 2.45) is 10.4 Å². The minimum Gasteiger partial charge on any atom is -0.396 e. The standard InChI is InChI=1S/C10H17BrN2OS/c1-7-8(4-11)15-9(13-7)12-5-10(6-14)2-3-10/h7-8,14H,2-6H2,1H3,(H,12,13). The second kappa shape index (κ2) is 4.63. The van der Waals surface area contributed by atoms with Crippen LogP contribution in [-0.4, -0.2) is 40.0 Å². The van der Waals surface area contributed by atoms with E-state index < -0.39 is 0 Å². The minimum absolute atomic E-state index is 0.130. The lowest BCUT2D eigenvalue weighted by Crippen LogP contribution is -2.29. The largest absolute Gasteiger partial charge is 0.396 e. The first-order valence-corrected chi connectivity index (χ1v) is 7.34. The van der Waals surface area contributed by atoms with Gasteiger partial charge in [0.2, 0.25) is 0 Å². The molecule has 0 aromatic carbocycles. The number of aliphatic hydroxyl groups is 1. The van der Waals surface area contributed by atoms with Crippen LogP contribution in [0.5, 0.6) is 0 Å².